The normalized spacial score (nSPS) is 35.8. The van der Waals surface area contributed by atoms with Crippen molar-refractivity contribution in [2.45, 2.75) is 93.9 Å². The lowest BCUT2D eigenvalue weighted by atomic mass is 9.73. The Labute approximate surface area is 247 Å². The van der Waals surface area contributed by atoms with Gasteiger partial charge in [-0.1, -0.05) is 56.6 Å². The van der Waals surface area contributed by atoms with E-state index in [-0.39, 0.29) is 23.8 Å². The molecular formula is C33H43N3O4S. The Balaban J connectivity index is 1.28. The summed E-state index contributed by atoms with van der Waals surface area (Å²) in [7, 11) is 0. The van der Waals surface area contributed by atoms with Crippen molar-refractivity contribution < 1.29 is 19.1 Å². The molecule has 1 spiro atoms. The molecule has 8 atom stereocenters. The van der Waals surface area contributed by atoms with Gasteiger partial charge in [-0.25, -0.2) is 0 Å². The molecule has 0 unspecified atom stereocenters. The number of nitrogens with zero attached hydrogens (tertiary/aromatic N) is 1. The van der Waals surface area contributed by atoms with Gasteiger partial charge in [0.1, 0.15) is 11.6 Å². The van der Waals surface area contributed by atoms with Crippen LogP contribution in [-0.2, 0) is 19.1 Å². The van der Waals surface area contributed by atoms with Gasteiger partial charge >= 0.3 is 0 Å². The van der Waals surface area contributed by atoms with Crippen LogP contribution in [-0.4, -0.2) is 59.2 Å². The van der Waals surface area contributed by atoms with Crippen molar-refractivity contribution in [2.75, 3.05) is 18.1 Å². The summed E-state index contributed by atoms with van der Waals surface area (Å²) in [5, 5.41) is 6.40. The van der Waals surface area contributed by atoms with E-state index < -0.39 is 29.6 Å². The molecule has 5 aliphatic rings. The number of carbonyl (C=O) groups excluding carboxylic acids is 3. The van der Waals surface area contributed by atoms with Crippen LogP contribution in [0.2, 0.25) is 0 Å². The average Bonchev–Trinajstić information content (AvgIpc) is 3.62. The molecule has 3 fully saturated rings. The second-order valence-electron chi connectivity index (χ2n) is 12.7. The monoisotopic (exact) mass is 577 g/mol. The van der Waals surface area contributed by atoms with Gasteiger partial charge in [0, 0.05) is 23.2 Å². The van der Waals surface area contributed by atoms with E-state index in [0.29, 0.717) is 24.1 Å². The van der Waals surface area contributed by atoms with Gasteiger partial charge in [-0.3, -0.25) is 14.4 Å². The molecule has 1 aromatic carbocycles. The summed E-state index contributed by atoms with van der Waals surface area (Å²) in [6, 6.07) is 7.00. The smallest absolute Gasteiger partial charge is 0.246 e. The maximum absolute atomic E-state index is 14.3. The quantitative estimate of drug-likeness (QED) is 0.322. The van der Waals surface area contributed by atoms with E-state index in [1.54, 1.807) is 16.7 Å². The third-order valence-corrected chi connectivity index (χ3v) is 11.1. The van der Waals surface area contributed by atoms with E-state index >= 15 is 0 Å². The molecule has 3 heterocycles. The van der Waals surface area contributed by atoms with Crippen LogP contribution in [0.15, 0.2) is 53.0 Å². The Morgan fingerprint density at radius 2 is 2.00 bits per heavy atom. The molecule has 2 bridgehead atoms. The number of fused-ring (bicyclic) bond motifs is 1. The molecule has 2 N–H and O–H groups in total. The molecule has 41 heavy (non-hydrogen) atoms. The number of carbonyl (C=O) groups is 3. The van der Waals surface area contributed by atoms with Gasteiger partial charge in [0.15, 0.2) is 0 Å². The number of anilines is 1. The predicted octanol–water partition coefficient (Wildman–Crippen LogP) is 5.33. The van der Waals surface area contributed by atoms with Crippen LogP contribution in [0.25, 0.3) is 0 Å². The van der Waals surface area contributed by atoms with Crippen molar-refractivity contribution in [3.05, 3.63) is 48.1 Å². The van der Waals surface area contributed by atoms with Crippen molar-refractivity contribution in [3.8, 4) is 0 Å². The average molecular weight is 578 g/mol. The molecule has 0 radical (unpaired) electrons. The number of ether oxygens (including phenoxy) is 1. The molecule has 7 nitrogen and oxygen atoms in total. The van der Waals surface area contributed by atoms with Crippen molar-refractivity contribution in [1.29, 1.82) is 0 Å². The zero-order chi connectivity index (χ0) is 28.7. The Morgan fingerprint density at radius 1 is 1.15 bits per heavy atom. The zero-order valence-electron chi connectivity index (χ0n) is 24.4. The molecule has 1 saturated carbocycles. The Morgan fingerprint density at radius 3 is 2.78 bits per heavy atom. The first-order valence-electron chi connectivity index (χ1n) is 15.4. The first-order chi connectivity index (χ1) is 19.8. The summed E-state index contributed by atoms with van der Waals surface area (Å²) in [6.45, 7) is 4.93. The van der Waals surface area contributed by atoms with Crippen molar-refractivity contribution >= 4 is 35.2 Å². The van der Waals surface area contributed by atoms with Crippen LogP contribution in [0.4, 0.5) is 5.69 Å². The molecule has 0 aromatic heterocycles. The van der Waals surface area contributed by atoms with Crippen LogP contribution < -0.4 is 10.6 Å². The number of allylic oxidation sites excluding steroid dienone is 1. The van der Waals surface area contributed by atoms with Gasteiger partial charge in [-0.15, -0.1) is 11.8 Å². The SMILES string of the molecule is CSc1cccc(NC(=O)[C@@H]2[C@@H]3C=C[C@]4(O3)[C@@H]2C(=O)N(CCC2=CCCCC2)[C@H]4C(=O)N[C@@H]2CCC[C@@H](C)[C@H]2C)c1. The van der Waals surface area contributed by atoms with E-state index in [9.17, 15) is 14.4 Å². The van der Waals surface area contributed by atoms with Gasteiger partial charge in [0.2, 0.25) is 17.7 Å². The molecule has 6 rings (SSSR count). The van der Waals surface area contributed by atoms with Crippen molar-refractivity contribution in [3.63, 3.8) is 0 Å². The number of benzene rings is 1. The topological polar surface area (TPSA) is 87.7 Å². The second-order valence-corrected chi connectivity index (χ2v) is 13.6. The molecule has 220 valence electrons. The maximum Gasteiger partial charge on any atom is 0.246 e. The van der Waals surface area contributed by atoms with Crippen LogP contribution in [0, 0.1) is 23.7 Å². The van der Waals surface area contributed by atoms with Gasteiger partial charge in [-0.2, -0.15) is 0 Å². The number of hydrogen-bond donors (Lipinski definition) is 2. The van der Waals surface area contributed by atoms with E-state index in [2.05, 4.69) is 30.6 Å². The minimum absolute atomic E-state index is 0.0742. The number of nitrogens with one attached hydrogen (secondary N) is 2. The van der Waals surface area contributed by atoms with E-state index in [4.69, 9.17) is 4.74 Å². The van der Waals surface area contributed by atoms with Gasteiger partial charge in [-0.05, 0) is 74.8 Å². The molecule has 3 amide bonds. The number of likely N-dealkylation sites (tertiary alicyclic amines) is 1. The predicted molar refractivity (Wildman–Crippen MR) is 161 cm³/mol. The number of thioether (sulfide) groups is 1. The molecule has 1 aromatic rings. The second kappa shape index (κ2) is 11.6. The number of rotatable bonds is 8. The summed E-state index contributed by atoms with van der Waals surface area (Å²) in [5.41, 5.74) is 0.930. The van der Waals surface area contributed by atoms with Gasteiger partial charge < -0.3 is 20.3 Å². The highest BCUT2D eigenvalue weighted by Gasteiger charge is 2.72. The molecule has 2 saturated heterocycles. The largest absolute Gasteiger partial charge is 0.359 e. The first kappa shape index (κ1) is 28.5. The minimum atomic E-state index is -1.13. The van der Waals surface area contributed by atoms with Crippen LogP contribution in [0.1, 0.15) is 65.2 Å². The molecule has 8 heteroatoms. The highest BCUT2D eigenvalue weighted by molar-refractivity contribution is 7.98. The van der Waals surface area contributed by atoms with Crippen LogP contribution in [0.3, 0.4) is 0 Å². The third kappa shape index (κ3) is 5.16. The first-order valence-corrected chi connectivity index (χ1v) is 16.7. The molecule has 3 aliphatic heterocycles. The fourth-order valence-corrected chi connectivity index (χ4v) is 8.34. The Hall–Kier alpha value is -2.58. The van der Waals surface area contributed by atoms with Gasteiger partial charge in [0.25, 0.3) is 0 Å². The maximum atomic E-state index is 14.3. The number of amides is 3. The highest BCUT2D eigenvalue weighted by atomic mass is 32.2. The Bertz CT molecular complexity index is 1260. The van der Waals surface area contributed by atoms with E-state index in [0.717, 1.165) is 37.0 Å². The van der Waals surface area contributed by atoms with Crippen molar-refractivity contribution in [2.24, 2.45) is 23.7 Å². The zero-order valence-corrected chi connectivity index (χ0v) is 25.3. The fourth-order valence-electron chi connectivity index (χ4n) is 7.88. The molecule has 2 aliphatic carbocycles. The lowest BCUT2D eigenvalue weighted by Crippen LogP contribution is -2.58. The summed E-state index contributed by atoms with van der Waals surface area (Å²) < 4.78 is 6.55. The lowest BCUT2D eigenvalue weighted by Gasteiger charge is -2.38. The fraction of sp³-hybridized carbons (Fsp3) is 0.606. The Kier molecular flexibility index (Phi) is 8.07. The summed E-state index contributed by atoms with van der Waals surface area (Å²) in [6.07, 6.45) is 16.0. The summed E-state index contributed by atoms with van der Waals surface area (Å²) in [5.74, 6) is -1.03. The number of hydrogen-bond acceptors (Lipinski definition) is 5. The molecular weight excluding hydrogens is 534 g/mol. The van der Waals surface area contributed by atoms with Crippen molar-refractivity contribution in [1.82, 2.24) is 10.2 Å². The highest BCUT2D eigenvalue weighted by Crippen LogP contribution is 2.55. The third-order valence-electron chi connectivity index (χ3n) is 10.4. The van der Waals surface area contributed by atoms with Crippen LogP contribution in [0.5, 0.6) is 0 Å². The lowest BCUT2D eigenvalue weighted by molar-refractivity contribution is -0.141. The van der Waals surface area contributed by atoms with E-state index in [1.807, 2.05) is 42.7 Å². The summed E-state index contributed by atoms with van der Waals surface area (Å²) in [4.78, 5) is 45.0. The van der Waals surface area contributed by atoms with Gasteiger partial charge in [0.05, 0.1) is 17.9 Å². The van der Waals surface area contributed by atoms with Crippen LogP contribution >= 0.6 is 11.8 Å². The summed E-state index contributed by atoms with van der Waals surface area (Å²) >= 11 is 1.61. The minimum Gasteiger partial charge on any atom is -0.359 e. The van der Waals surface area contributed by atoms with E-state index in [1.165, 1.54) is 24.8 Å². The standard InChI is InChI=1S/C33H43N3O4S/c1-20-9-7-14-25(21(20)2)35-31(38)29-33-17-15-26(40-33)27(30(37)34-23-12-8-13-24(19-23)41-3)28(33)32(39)36(29)18-16-22-10-5-4-6-11-22/h8,10,12-13,15,17,19-21,25-29H,4-7,9,11,14,16,18H2,1-3H3,(H,34,37)(H,35,38)/t20-,21-,25-,26+,27-,28+,29+,33+/m1/s1.